The minimum atomic E-state index is 0.626. The van der Waals surface area contributed by atoms with E-state index in [-0.39, 0.29) is 0 Å². The van der Waals surface area contributed by atoms with E-state index in [9.17, 15) is 0 Å². The number of nitrogens with zero attached hydrogens (tertiary/aromatic N) is 1. The smallest absolute Gasteiger partial charge is 0.0327 e. The predicted octanol–water partition coefficient (Wildman–Crippen LogP) is 10.2. The van der Waals surface area contributed by atoms with Crippen LogP contribution in [0, 0.1) is 29.6 Å². The first-order valence-electron chi connectivity index (χ1n) is 19.6. The van der Waals surface area contributed by atoms with Gasteiger partial charge >= 0.3 is 0 Å². The summed E-state index contributed by atoms with van der Waals surface area (Å²) in [5.41, 5.74) is 6.74. The number of rotatable bonds is 5. The van der Waals surface area contributed by atoms with Crippen molar-refractivity contribution in [3.05, 3.63) is 71.0 Å². The minimum Gasteiger partial charge on any atom is -0.385 e. The molecule has 0 aromatic rings. The third-order valence-corrected chi connectivity index (χ3v) is 15.9. The Morgan fingerprint density at radius 1 is 0.667 bits per heavy atom. The van der Waals surface area contributed by atoms with E-state index in [2.05, 4.69) is 70.6 Å². The van der Waals surface area contributed by atoms with Crippen LogP contribution in [0.15, 0.2) is 71.0 Å². The Bertz CT molecular complexity index is 1290. The van der Waals surface area contributed by atoms with Gasteiger partial charge in [-0.2, -0.15) is 11.8 Å². The normalized spacial score (nSPS) is 43.3. The van der Waals surface area contributed by atoms with Gasteiger partial charge in [0.05, 0.1) is 0 Å². The highest BCUT2D eigenvalue weighted by atomic mass is 32.2. The molecule has 2 aliphatic heterocycles. The van der Waals surface area contributed by atoms with Crippen molar-refractivity contribution in [3.63, 3.8) is 0 Å². The first-order valence-corrected chi connectivity index (χ1v) is 20.6. The summed E-state index contributed by atoms with van der Waals surface area (Å²) < 4.78 is 0. The van der Waals surface area contributed by atoms with Crippen molar-refractivity contribution in [3.8, 4) is 0 Å². The molecule has 45 heavy (non-hydrogen) atoms. The van der Waals surface area contributed by atoms with Crippen molar-refractivity contribution in [2.75, 3.05) is 0 Å². The number of hydrogen-bond donors (Lipinski definition) is 1. The molecule has 10 atom stereocenters. The average molecular weight is 623 g/mol. The maximum atomic E-state index is 4.15. The summed E-state index contributed by atoms with van der Waals surface area (Å²) in [7, 11) is 0. The number of hydrogen-bond acceptors (Lipinski definition) is 3. The van der Waals surface area contributed by atoms with Crippen LogP contribution < -0.4 is 5.32 Å². The van der Waals surface area contributed by atoms with Crippen LogP contribution >= 0.6 is 11.8 Å². The lowest BCUT2D eigenvalue weighted by Gasteiger charge is -2.42. The number of fused-ring (bicyclic) bond motifs is 6. The van der Waals surface area contributed by atoms with Gasteiger partial charge in [-0.3, -0.25) is 4.90 Å². The Morgan fingerprint density at radius 2 is 1.53 bits per heavy atom. The Hall–Kier alpha value is -1.45. The molecule has 2 saturated carbocycles. The first-order chi connectivity index (χ1) is 22.3. The molecule has 2 nitrogen and oxygen atoms in total. The summed E-state index contributed by atoms with van der Waals surface area (Å²) >= 11 is 2.36. The zero-order valence-electron chi connectivity index (χ0n) is 27.8. The predicted molar refractivity (Wildman–Crippen MR) is 191 cm³/mol. The van der Waals surface area contributed by atoms with Gasteiger partial charge in [-0.1, -0.05) is 80.7 Å². The molecule has 0 amide bonds. The van der Waals surface area contributed by atoms with Gasteiger partial charge in [0.2, 0.25) is 0 Å². The monoisotopic (exact) mass is 622 g/mol. The third kappa shape index (κ3) is 5.62. The Labute approximate surface area is 278 Å². The van der Waals surface area contributed by atoms with Gasteiger partial charge in [0, 0.05) is 40.4 Å². The summed E-state index contributed by atoms with van der Waals surface area (Å²) in [6.07, 6.45) is 47.1. The Balaban J connectivity index is 1.01. The standard InChI is InChI=1S/C42H58N2S/c1-3-11-28(12-4-1)36-25-29(20-23-38(36)43-31-13-5-2-6-14-31)30-19-22-34-33-15-7-9-17-39(33)44(40(34)26-30)32-21-24-42-37(27-32)35-16-8-10-18-41(35)45-42/h1,3,9,17,21,24-26,28,31-35,37,39-43H,2,4-8,10-16,18-20,22-23,27H2. The maximum Gasteiger partial charge on any atom is 0.0327 e. The number of likely N-dealkylation sites (tertiary alicyclic amines) is 1. The summed E-state index contributed by atoms with van der Waals surface area (Å²) in [6.45, 7) is 0. The van der Waals surface area contributed by atoms with Crippen molar-refractivity contribution in [2.45, 2.75) is 157 Å². The fourth-order valence-electron chi connectivity index (χ4n) is 12.0. The second-order valence-corrected chi connectivity index (χ2v) is 17.9. The van der Waals surface area contributed by atoms with Crippen LogP contribution in [-0.4, -0.2) is 39.6 Å². The Kier molecular flexibility index (Phi) is 8.49. The fourth-order valence-corrected chi connectivity index (χ4v) is 13.9. The highest BCUT2D eigenvalue weighted by Crippen LogP contribution is 2.56. The van der Waals surface area contributed by atoms with Gasteiger partial charge in [-0.05, 0) is 136 Å². The van der Waals surface area contributed by atoms with E-state index in [1.54, 1.807) is 22.4 Å². The van der Waals surface area contributed by atoms with Gasteiger partial charge in [-0.15, -0.1) is 0 Å². The van der Waals surface area contributed by atoms with Crippen molar-refractivity contribution in [1.82, 2.24) is 10.2 Å². The summed E-state index contributed by atoms with van der Waals surface area (Å²) in [5.74, 6) is 4.32. The SMILES string of the molecule is C1=CCC(C2=C(NC3CCCCC3)CCC(C3=CC4C(CC3)C3CCC=CC3N4C3C=CC4SC5CCCCC5C4C3)=C2)CC1. The number of nitrogens with one attached hydrogen (secondary N) is 1. The molecule has 3 heteroatoms. The van der Waals surface area contributed by atoms with Crippen molar-refractivity contribution < 1.29 is 0 Å². The van der Waals surface area contributed by atoms with E-state index in [1.807, 2.05) is 0 Å². The molecule has 0 radical (unpaired) electrons. The van der Waals surface area contributed by atoms with Crippen LogP contribution in [0.2, 0.25) is 0 Å². The van der Waals surface area contributed by atoms with Crippen LogP contribution in [-0.2, 0) is 0 Å². The van der Waals surface area contributed by atoms with Crippen molar-refractivity contribution >= 4 is 11.8 Å². The van der Waals surface area contributed by atoms with Gasteiger partial charge in [-0.25, -0.2) is 0 Å². The molecular formula is C42H58N2S. The molecule has 1 N–H and O–H groups in total. The lowest BCUT2D eigenvalue weighted by atomic mass is 9.73. The van der Waals surface area contributed by atoms with Crippen molar-refractivity contribution in [2.24, 2.45) is 29.6 Å². The highest BCUT2D eigenvalue weighted by molar-refractivity contribution is 8.01. The average Bonchev–Trinajstić information content (AvgIpc) is 3.64. The van der Waals surface area contributed by atoms with Crippen LogP contribution in [0.4, 0.5) is 0 Å². The zero-order chi connectivity index (χ0) is 29.7. The van der Waals surface area contributed by atoms with Crippen LogP contribution in [0.5, 0.6) is 0 Å². The summed E-state index contributed by atoms with van der Waals surface area (Å²) in [6, 6.07) is 2.62. The second-order valence-electron chi connectivity index (χ2n) is 16.5. The molecule has 9 rings (SSSR count). The molecular weight excluding hydrogens is 565 g/mol. The van der Waals surface area contributed by atoms with E-state index in [1.165, 1.54) is 122 Å². The zero-order valence-corrected chi connectivity index (χ0v) is 28.6. The van der Waals surface area contributed by atoms with Gasteiger partial charge in [0.25, 0.3) is 0 Å². The van der Waals surface area contributed by atoms with E-state index in [0.29, 0.717) is 30.1 Å². The number of allylic oxidation sites excluding steroid dienone is 8. The topological polar surface area (TPSA) is 15.3 Å². The van der Waals surface area contributed by atoms with E-state index < -0.39 is 0 Å². The molecule has 0 aromatic carbocycles. The summed E-state index contributed by atoms with van der Waals surface area (Å²) in [4.78, 5) is 3.08. The van der Waals surface area contributed by atoms with E-state index >= 15 is 0 Å². The highest BCUT2D eigenvalue weighted by Gasteiger charge is 2.53. The van der Waals surface area contributed by atoms with Crippen molar-refractivity contribution in [1.29, 1.82) is 0 Å². The minimum absolute atomic E-state index is 0.626. The van der Waals surface area contributed by atoms with E-state index in [0.717, 1.165) is 34.2 Å². The number of thioether (sulfide) groups is 1. The van der Waals surface area contributed by atoms with Gasteiger partial charge in [0.1, 0.15) is 0 Å². The molecule has 242 valence electrons. The van der Waals surface area contributed by atoms with Crippen LogP contribution in [0.1, 0.15) is 122 Å². The third-order valence-electron chi connectivity index (χ3n) is 14.1. The largest absolute Gasteiger partial charge is 0.385 e. The second kappa shape index (κ2) is 12.9. The molecule has 2 saturated heterocycles. The van der Waals surface area contributed by atoms with Gasteiger partial charge < -0.3 is 5.32 Å². The van der Waals surface area contributed by atoms with Crippen LogP contribution in [0.25, 0.3) is 0 Å². The first kappa shape index (κ1) is 29.7. The lowest BCUT2D eigenvalue weighted by molar-refractivity contribution is 0.136. The molecule has 0 bridgehead atoms. The maximum absolute atomic E-state index is 4.15. The van der Waals surface area contributed by atoms with E-state index in [4.69, 9.17) is 0 Å². The molecule has 10 unspecified atom stereocenters. The molecule has 0 aromatic heterocycles. The Morgan fingerprint density at radius 3 is 2.44 bits per heavy atom. The van der Waals surface area contributed by atoms with Crippen LogP contribution in [0.3, 0.4) is 0 Å². The fraction of sp³-hybridized carbons (Fsp3) is 0.714. The molecule has 2 heterocycles. The molecule has 9 aliphatic rings. The molecule has 4 fully saturated rings. The van der Waals surface area contributed by atoms with Gasteiger partial charge in [0.15, 0.2) is 0 Å². The molecule has 0 spiro atoms. The molecule has 7 aliphatic carbocycles. The lowest BCUT2D eigenvalue weighted by Crippen LogP contribution is -2.47. The summed E-state index contributed by atoms with van der Waals surface area (Å²) in [5, 5.41) is 5.90. The quantitative estimate of drug-likeness (QED) is 0.307.